The number of rotatable bonds is 3. The topological polar surface area (TPSA) is 49.9 Å². The van der Waals surface area contributed by atoms with E-state index in [4.69, 9.17) is 4.74 Å². The van der Waals surface area contributed by atoms with Crippen molar-refractivity contribution >= 4 is 10.0 Å². The van der Waals surface area contributed by atoms with Crippen LogP contribution in [-0.4, -0.2) is 38.0 Å². The first kappa shape index (κ1) is 13.7. The summed E-state index contributed by atoms with van der Waals surface area (Å²) < 4.78 is 33.0. The van der Waals surface area contributed by atoms with Crippen molar-refractivity contribution in [3.63, 3.8) is 0 Å². The summed E-state index contributed by atoms with van der Waals surface area (Å²) in [6, 6.07) is 7.13. The van der Waals surface area contributed by atoms with Gasteiger partial charge in [-0.1, -0.05) is 24.1 Å². The minimum atomic E-state index is -3.43. The zero-order valence-electron chi connectivity index (χ0n) is 12.5. The van der Waals surface area contributed by atoms with Gasteiger partial charge in [0.05, 0.1) is 17.5 Å². The number of nitrogens with zero attached hydrogens (tertiary/aromatic N) is 1. The van der Waals surface area contributed by atoms with Crippen molar-refractivity contribution in [3.8, 4) is 0 Å². The molecule has 1 saturated heterocycles. The van der Waals surface area contributed by atoms with Gasteiger partial charge in [-0.15, -0.1) is 0 Å². The minimum Gasteiger partial charge on any atom is -0.368 e. The molecular formula is C16H21NO3S. The first-order valence-corrected chi connectivity index (χ1v) is 9.09. The number of likely N-dealkylation sites (N-methyl/N-ethyl adjacent to an activating group) is 1. The standard InChI is InChI=1S/C16H21NO3S/c1-11-6-8-12(9-7-11)21(18,19)17(2)15-13-4-3-5-14(13)16(15)10-20-16/h6-9,13-15H,3-5,10H2,1-2H3/t13-,14+,15+,16+/m1/s1. The predicted molar refractivity (Wildman–Crippen MR) is 79.4 cm³/mol. The lowest BCUT2D eigenvalue weighted by molar-refractivity contribution is -0.0298. The van der Waals surface area contributed by atoms with Crippen molar-refractivity contribution < 1.29 is 13.2 Å². The fraction of sp³-hybridized carbons (Fsp3) is 0.625. The Morgan fingerprint density at radius 1 is 1.24 bits per heavy atom. The van der Waals surface area contributed by atoms with E-state index in [0.717, 1.165) is 18.6 Å². The van der Waals surface area contributed by atoms with Crippen molar-refractivity contribution in [2.75, 3.05) is 13.7 Å². The molecule has 1 aliphatic heterocycles. The van der Waals surface area contributed by atoms with E-state index < -0.39 is 10.0 Å². The average molecular weight is 307 g/mol. The molecule has 21 heavy (non-hydrogen) atoms. The van der Waals surface area contributed by atoms with Gasteiger partial charge in [-0.2, -0.15) is 4.31 Å². The minimum absolute atomic E-state index is 0.0244. The molecule has 3 fully saturated rings. The molecule has 1 heterocycles. The second kappa shape index (κ2) is 4.31. The van der Waals surface area contributed by atoms with E-state index >= 15 is 0 Å². The van der Waals surface area contributed by atoms with Gasteiger partial charge in [0.1, 0.15) is 5.60 Å². The SMILES string of the molecule is Cc1ccc(S(=O)(=O)N(C)[C@H]2[C@@H]3CCC[C@@H]3[C@@]23CO3)cc1. The molecule has 0 N–H and O–H groups in total. The quantitative estimate of drug-likeness (QED) is 0.804. The molecule has 0 amide bonds. The van der Waals surface area contributed by atoms with Crippen LogP contribution in [0.15, 0.2) is 29.2 Å². The van der Waals surface area contributed by atoms with E-state index in [0.29, 0.717) is 16.7 Å². The zero-order valence-corrected chi connectivity index (χ0v) is 13.3. The normalized spacial score (nSPS) is 37.6. The lowest BCUT2D eigenvalue weighted by atomic mass is 9.62. The monoisotopic (exact) mass is 307 g/mol. The maximum Gasteiger partial charge on any atom is 0.243 e. The van der Waals surface area contributed by atoms with Gasteiger partial charge in [0.15, 0.2) is 0 Å². The Bertz CT molecular complexity index is 663. The Morgan fingerprint density at radius 3 is 2.52 bits per heavy atom. The summed E-state index contributed by atoms with van der Waals surface area (Å²) in [5.74, 6) is 1.07. The van der Waals surface area contributed by atoms with E-state index in [9.17, 15) is 8.42 Å². The van der Waals surface area contributed by atoms with Gasteiger partial charge in [0, 0.05) is 7.05 Å². The molecule has 1 spiro atoms. The smallest absolute Gasteiger partial charge is 0.243 e. The molecule has 1 aromatic rings. The molecule has 4 atom stereocenters. The number of aryl methyl sites for hydroxylation is 1. The summed E-state index contributed by atoms with van der Waals surface area (Å²) >= 11 is 0. The van der Waals surface area contributed by atoms with Crippen LogP contribution in [0.3, 0.4) is 0 Å². The number of hydrogen-bond donors (Lipinski definition) is 0. The van der Waals surface area contributed by atoms with E-state index in [1.165, 1.54) is 12.8 Å². The van der Waals surface area contributed by atoms with Crippen LogP contribution in [0.1, 0.15) is 24.8 Å². The van der Waals surface area contributed by atoms with Gasteiger partial charge < -0.3 is 4.74 Å². The van der Waals surface area contributed by atoms with Gasteiger partial charge in [-0.3, -0.25) is 0 Å². The van der Waals surface area contributed by atoms with Gasteiger partial charge in [0.25, 0.3) is 0 Å². The van der Waals surface area contributed by atoms with E-state index in [-0.39, 0.29) is 11.6 Å². The van der Waals surface area contributed by atoms with Crippen LogP contribution in [0.4, 0.5) is 0 Å². The molecule has 4 nitrogen and oxygen atoms in total. The van der Waals surface area contributed by atoms with Gasteiger partial charge in [-0.05, 0) is 43.7 Å². The van der Waals surface area contributed by atoms with Crippen LogP contribution in [0.5, 0.6) is 0 Å². The maximum absolute atomic E-state index is 12.9. The highest BCUT2D eigenvalue weighted by Gasteiger charge is 2.73. The second-order valence-electron chi connectivity index (χ2n) is 6.72. The maximum atomic E-state index is 12.9. The van der Waals surface area contributed by atoms with Crippen LogP contribution in [0.25, 0.3) is 0 Å². The lowest BCUT2D eigenvalue weighted by Gasteiger charge is -2.50. The molecule has 2 saturated carbocycles. The predicted octanol–water partition coefficient (Wildman–Crippen LogP) is 2.18. The van der Waals surface area contributed by atoms with Crippen LogP contribution >= 0.6 is 0 Å². The number of fused-ring (bicyclic) bond motifs is 2. The summed E-state index contributed by atoms with van der Waals surface area (Å²) in [7, 11) is -1.71. The van der Waals surface area contributed by atoms with Crippen molar-refractivity contribution in [2.24, 2.45) is 11.8 Å². The van der Waals surface area contributed by atoms with Gasteiger partial charge in [0.2, 0.25) is 10.0 Å². The van der Waals surface area contributed by atoms with Crippen LogP contribution in [0, 0.1) is 18.8 Å². The number of epoxide rings is 1. The van der Waals surface area contributed by atoms with Gasteiger partial charge >= 0.3 is 0 Å². The fourth-order valence-corrected chi connectivity index (χ4v) is 5.95. The summed E-state index contributed by atoms with van der Waals surface area (Å²) in [5.41, 5.74) is 0.909. The number of ether oxygens (including phenoxy) is 1. The molecule has 0 bridgehead atoms. The molecule has 4 rings (SSSR count). The van der Waals surface area contributed by atoms with Gasteiger partial charge in [-0.25, -0.2) is 8.42 Å². The Morgan fingerprint density at radius 2 is 1.90 bits per heavy atom. The Labute approximate surface area is 126 Å². The number of benzene rings is 1. The fourth-order valence-electron chi connectivity index (χ4n) is 4.51. The second-order valence-corrected chi connectivity index (χ2v) is 8.72. The Hall–Kier alpha value is -0.910. The molecule has 5 heteroatoms. The molecule has 0 aromatic heterocycles. The number of sulfonamides is 1. The van der Waals surface area contributed by atoms with Crippen molar-refractivity contribution in [3.05, 3.63) is 29.8 Å². The van der Waals surface area contributed by atoms with E-state index in [2.05, 4.69) is 0 Å². The molecule has 0 unspecified atom stereocenters. The zero-order chi connectivity index (χ0) is 14.8. The summed E-state index contributed by atoms with van der Waals surface area (Å²) in [4.78, 5) is 0.382. The Kier molecular flexibility index (Phi) is 2.82. The van der Waals surface area contributed by atoms with Crippen LogP contribution < -0.4 is 0 Å². The first-order chi connectivity index (χ1) is 9.97. The number of hydrogen-bond acceptors (Lipinski definition) is 3. The third kappa shape index (κ3) is 1.77. The molecule has 3 aliphatic rings. The first-order valence-electron chi connectivity index (χ1n) is 7.65. The highest BCUT2D eigenvalue weighted by molar-refractivity contribution is 7.89. The lowest BCUT2D eigenvalue weighted by Crippen LogP contribution is -2.64. The van der Waals surface area contributed by atoms with Crippen molar-refractivity contribution in [2.45, 2.75) is 42.7 Å². The van der Waals surface area contributed by atoms with E-state index in [1.807, 2.05) is 19.1 Å². The molecule has 1 aromatic carbocycles. The van der Waals surface area contributed by atoms with Crippen molar-refractivity contribution in [1.29, 1.82) is 0 Å². The largest absolute Gasteiger partial charge is 0.368 e. The summed E-state index contributed by atoms with van der Waals surface area (Å²) in [5, 5.41) is 0. The summed E-state index contributed by atoms with van der Waals surface area (Å²) in [6.45, 7) is 2.69. The van der Waals surface area contributed by atoms with E-state index in [1.54, 1.807) is 23.5 Å². The summed E-state index contributed by atoms with van der Waals surface area (Å²) in [6.07, 6.45) is 3.53. The molecular weight excluding hydrogens is 286 g/mol. The third-order valence-corrected chi connectivity index (χ3v) is 7.52. The third-order valence-electron chi connectivity index (χ3n) is 5.67. The average Bonchev–Trinajstić information content (AvgIpc) is 3.17. The molecule has 114 valence electrons. The molecule has 2 aliphatic carbocycles. The Balaban J connectivity index is 1.65. The van der Waals surface area contributed by atoms with Crippen LogP contribution in [0.2, 0.25) is 0 Å². The van der Waals surface area contributed by atoms with Crippen molar-refractivity contribution in [1.82, 2.24) is 4.31 Å². The highest BCUT2D eigenvalue weighted by Crippen LogP contribution is 2.63. The highest BCUT2D eigenvalue weighted by atomic mass is 32.2. The van der Waals surface area contributed by atoms with Crippen LogP contribution in [-0.2, 0) is 14.8 Å². The molecule has 0 radical (unpaired) electrons.